The van der Waals surface area contributed by atoms with Crippen molar-refractivity contribution in [3.8, 4) is 11.6 Å². The van der Waals surface area contributed by atoms with Gasteiger partial charge in [-0.2, -0.15) is 13.2 Å². The zero-order valence-electron chi connectivity index (χ0n) is 17.0. The first-order chi connectivity index (χ1) is 15.2. The molecule has 2 saturated heterocycles. The Morgan fingerprint density at radius 1 is 1.19 bits per heavy atom. The van der Waals surface area contributed by atoms with Crippen LogP contribution in [0.2, 0.25) is 0 Å². The number of carbonyl (C=O) groups is 1. The summed E-state index contributed by atoms with van der Waals surface area (Å²) in [4.78, 5) is 28.5. The second kappa shape index (κ2) is 8.98. The number of ether oxygens (including phenoxy) is 2. The Labute approximate surface area is 184 Å². The lowest BCUT2D eigenvalue weighted by molar-refractivity contribution is -0.154. The minimum Gasteiger partial charge on any atom is -0.616 e. The normalized spacial score (nSPS) is 20.3. The number of nitrogens with zero attached hydrogens (tertiary/aromatic N) is 5. The summed E-state index contributed by atoms with van der Waals surface area (Å²) in [6, 6.07) is 2.65. The quantitative estimate of drug-likeness (QED) is 0.561. The van der Waals surface area contributed by atoms with E-state index in [0.717, 1.165) is 0 Å². The van der Waals surface area contributed by atoms with Crippen molar-refractivity contribution >= 4 is 28.7 Å². The first-order valence-electron chi connectivity index (χ1n) is 9.72. The summed E-state index contributed by atoms with van der Waals surface area (Å²) >= 11 is -0.877. The molecule has 1 unspecified atom stereocenters. The Balaban J connectivity index is 1.31. The van der Waals surface area contributed by atoms with Crippen LogP contribution in [-0.4, -0.2) is 75.4 Å². The van der Waals surface area contributed by atoms with Gasteiger partial charge in [-0.15, -0.1) is 0 Å². The summed E-state index contributed by atoms with van der Waals surface area (Å²) in [5.41, 5.74) is 0.537. The van der Waals surface area contributed by atoms with Gasteiger partial charge < -0.3 is 23.8 Å². The standard InChI is InChI=1S/C19H20F3N5O4S/c1-32(29)14-9-26(10-14)18-24-6-12(7-25-18)27-5-4-15(17(27)28)31-13-2-3-16(23-8-13)30-11-19(20,21)22/h2-3,6-8,14-15H,4-5,9-11H2,1H3/t15-,32?/m1/s1. The summed E-state index contributed by atoms with van der Waals surface area (Å²) in [5, 5.41) is 0.121. The molecular weight excluding hydrogens is 451 g/mol. The van der Waals surface area contributed by atoms with E-state index in [0.29, 0.717) is 37.7 Å². The number of aromatic nitrogens is 3. The molecule has 0 N–H and O–H groups in total. The van der Waals surface area contributed by atoms with E-state index in [1.807, 2.05) is 4.90 Å². The van der Waals surface area contributed by atoms with E-state index in [-0.39, 0.29) is 22.8 Å². The lowest BCUT2D eigenvalue weighted by Crippen LogP contribution is -2.55. The maximum absolute atomic E-state index is 12.7. The summed E-state index contributed by atoms with van der Waals surface area (Å²) in [6.45, 7) is 0.241. The molecule has 0 bridgehead atoms. The van der Waals surface area contributed by atoms with Crippen LogP contribution in [-0.2, 0) is 16.0 Å². The van der Waals surface area contributed by atoms with Crippen LogP contribution >= 0.6 is 0 Å². The number of carbonyl (C=O) groups excluding carboxylic acids is 1. The number of rotatable bonds is 7. The topological polar surface area (TPSA) is 104 Å². The van der Waals surface area contributed by atoms with Gasteiger partial charge in [0.15, 0.2) is 12.7 Å². The van der Waals surface area contributed by atoms with Gasteiger partial charge in [0.2, 0.25) is 11.8 Å². The molecular formula is C19H20F3N5O4S. The highest BCUT2D eigenvalue weighted by molar-refractivity contribution is 7.91. The summed E-state index contributed by atoms with van der Waals surface area (Å²) in [6.07, 6.45) is 1.22. The third-order valence-electron chi connectivity index (χ3n) is 5.06. The van der Waals surface area contributed by atoms with Gasteiger partial charge >= 0.3 is 6.18 Å². The smallest absolute Gasteiger partial charge is 0.422 e. The fourth-order valence-corrected chi connectivity index (χ4v) is 4.07. The SMILES string of the molecule is C[S+]([O-])C1CN(c2ncc(N3CC[C@@H](Oc4ccc(OCC(F)(F)F)nc4)C3=O)cn2)C1. The maximum atomic E-state index is 12.7. The fraction of sp³-hybridized carbons (Fsp3) is 0.474. The molecule has 2 atom stereocenters. The lowest BCUT2D eigenvalue weighted by Gasteiger charge is -2.38. The van der Waals surface area contributed by atoms with E-state index >= 15 is 0 Å². The van der Waals surface area contributed by atoms with Gasteiger partial charge in [-0.1, -0.05) is 11.2 Å². The zero-order valence-corrected chi connectivity index (χ0v) is 17.8. The Morgan fingerprint density at radius 3 is 2.50 bits per heavy atom. The first-order valence-corrected chi connectivity index (χ1v) is 11.3. The van der Waals surface area contributed by atoms with Crippen LogP contribution in [0.25, 0.3) is 0 Å². The highest BCUT2D eigenvalue weighted by atomic mass is 32.2. The minimum atomic E-state index is -4.45. The van der Waals surface area contributed by atoms with Gasteiger partial charge in [-0.3, -0.25) is 4.79 Å². The second-order valence-electron chi connectivity index (χ2n) is 7.39. The molecule has 2 aliphatic rings. The number of hydrogen-bond acceptors (Lipinski definition) is 8. The second-order valence-corrected chi connectivity index (χ2v) is 9.05. The van der Waals surface area contributed by atoms with Crippen LogP contribution in [0.3, 0.4) is 0 Å². The summed E-state index contributed by atoms with van der Waals surface area (Å²) in [5.74, 6) is 0.305. The molecule has 2 aliphatic heterocycles. The van der Waals surface area contributed by atoms with E-state index in [1.165, 1.54) is 23.2 Å². The molecule has 172 valence electrons. The van der Waals surface area contributed by atoms with E-state index in [4.69, 9.17) is 4.74 Å². The minimum absolute atomic E-state index is 0.121. The first kappa shape index (κ1) is 22.4. The molecule has 0 aliphatic carbocycles. The Hall–Kier alpha value is -2.80. The van der Waals surface area contributed by atoms with Crippen LogP contribution < -0.4 is 19.3 Å². The monoisotopic (exact) mass is 471 g/mol. The van der Waals surface area contributed by atoms with Crippen molar-refractivity contribution in [2.75, 3.05) is 42.3 Å². The molecule has 0 saturated carbocycles. The van der Waals surface area contributed by atoms with Crippen molar-refractivity contribution in [2.24, 2.45) is 0 Å². The van der Waals surface area contributed by atoms with E-state index in [2.05, 4.69) is 19.7 Å². The molecule has 2 aromatic rings. The Kier molecular flexibility index (Phi) is 6.29. The van der Waals surface area contributed by atoms with Crippen LogP contribution in [0.1, 0.15) is 6.42 Å². The van der Waals surface area contributed by atoms with E-state index < -0.39 is 30.1 Å². The van der Waals surface area contributed by atoms with Crippen LogP contribution in [0, 0.1) is 0 Å². The number of hydrogen-bond donors (Lipinski definition) is 0. The zero-order chi connectivity index (χ0) is 22.9. The van der Waals surface area contributed by atoms with Gasteiger partial charge in [-0.25, -0.2) is 15.0 Å². The average Bonchev–Trinajstić information content (AvgIpc) is 3.06. The molecule has 2 fully saturated rings. The van der Waals surface area contributed by atoms with Gasteiger partial charge in [-0.05, 0) is 6.07 Å². The van der Waals surface area contributed by atoms with Gasteiger partial charge in [0, 0.05) is 19.0 Å². The Bertz CT molecular complexity index is 939. The molecule has 4 heterocycles. The summed E-state index contributed by atoms with van der Waals surface area (Å²) in [7, 11) is 0. The maximum Gasteiger partial charge on any atom is 0.422 e. The van der Waals surface area contributed by atoms with Crippen molar-refractivity contribution < 1.29 is 32.0 Å². The molecule has 32 heavy (non-hydrogen) atoms. The molecule has 0 radical (unpaired) electrons. The number of alkyl halides is 3. The van der Waals surface area contributed by atoms with Crippen molar-refractivity contribution in [3.63, 3.8) is 0 Å². The third kappa shape index (κ3) is 5.15. The predicted octanol–water partition coefficient (Wildman–Crippen LogP) is 1.56. The molecule has 9 nitrogen and oxygen atoms in total. The van der Waals surface area contributed by atoms with Gasteiger partial charge in [0.25, 0.3) is 5.91 Å². The summed E-state index contributed by atoms with van der Waals surface area (Å²) < 4.78 is 58.2. The number of anilines is 2. The number of pyridine rings is 1. The lowest BCUT2D eigenvalue weighted by atomic mass is 10.2. The van der Waals surface area contributed by atoms with Crippen LogP contribution in [0.4, 0.5) is 24.8 Å². The Morgan fingerprint density at radius 2 is 1.91 bits per heavy atom. The largest absolute Gasteiger partial charge is 0.616 e. The van der Waals surface area contributed by atoms with Crippen molar-refractivity contribution in [1.29, 1.82) is 0 Å². The highest BCUT2D eigenvalue weighted by Gasteiger charge is 2.37. The number of amides is 1. The predicted molar refractivity (Wildman–Crippen MR) is 109 cm³/mol. The van der Waals surface area contributed by atoms with E-state index in [1.54, 1.807) is 18.6 Å². The molecule has 2 aromatic heterocycles. The third-order valence-corrected chi connectivity index (χ3v) is 6.30. The van der Waals surface area contributed by atoms with Crippen LogP contribution in [0.15, 0.2) is 30.7 Å². The molecule has 0 spiro atoms. The van der Waals surface area contributed by atoms with E-state index in [9.17, 15) is 22.5 Å². The molecule has 1 amide bonds. The molecule has 4 rings (SSSR count). The van der Waals surface area contributed by atoms with Crippen LogP contribution in [0.5, 0.6) is 11.6 Å². The van der Waals surface area contributed by atoms with Gasteiger partial charge in [0.05, 0.1) is 43.6 Å². The van der Waals surface area contributed by atoms with Crippen molar-refractivity contribution in [3.05, 3.63) is 30.7 Å². The fourth-order valence-electron chi connectivity index (χ4n) is 3.29. The highest BCUT2D eigenvalue weighted by Crippen LogP contribution is 2.27. The average molecular weight is 471 g/mol. The van der Waals surface area contributed by atoms with Crippen molar-refractivity contribution in [1.82, 2.24) is 15.0 Å². The van der Waals surface area contributed by atoms with Crippen molar-refractivity contribution in [2.45, 2.75) is 24.0 Å². The molecule has 0 aromatic carbocycles. The van der Waals surface area contributed by atoms with Gasteiger partial charge in [0.1, 0.15) is 11.0 Å². The molecule has 13 heteroatoms. The number of halogens is 3.